The Morgan fingerprint density at radius 3 is 2.56 bits per heavy atom. The number of hydrogen-bond acceptors (Lipinski definition) is 4. The number of fused-ring (bicyclic) bond motifs is 2. The van der Waals surface area contributed by atoms with E-state index in [1.165, 1.54) is 15.9 Å². The Labute approximate surface area is 150 Å². The fourth-order valence-corrected chi connectivity index (χ4v) is 4.75. The van der Waals surface area contributed by atoms with Gasteiger partial charge in [0, 0.05) is 22.8 Å². The second-order valence-corrected chi connectivity index (χ2v) is 7.92. The Balaban J connectivity index is 1.68. The van der Waals surface area contributed by atoms with Gasteiger partial charge in [-0.25, -0.2) is 18.7 Å². The lowest BCUT2D eigenvalue weighted by Crippen LogP contribution is -2.26. The first kappa shape index (κ1) is 15.4. The maximum Gasteiger partial charge on any atom is 0.285 e. The van der Waals surface area contributed by atoms with Gasteiger partial charge in [0.05, 0.1) is 11.2 Å². The summed E-state index contributed by atoms with van der Waals surface area (Å²) in [4.78, 5) is 22.2. The van der Waals surface area contributed by atoms with Crippen molar-refractivity contribution in [2.75, 3.05) is 0 Å². The number of benzene rings is 1. The molecule has 2 heterocycles. The number of nitrogens with zero attached hydrogens (tertiary/aromatic N) is 3. The molecule has 2 saturated carbocycles. The third kappa shape index (κ3) is 2.18. The van der Waals surface area contributed by atoms with E-state index in [-0.39, 0.29) is 11.5 Å². The molecule has 2 aliphatic carbocycles. The average molecular weight is 380 g/mol. The van der Waals surface area contributed by atoms with E-state index < -0.39 is 17.8 Å². The van der Waals surface area contributed by atoms with E-state index in [9.17, 15) is 13.6 Å². The highest BCUT2D eigenvalue weighted by molar-refractivity contribution is 7.16. The van der Waals surface area contributed by atoms with Crippen molar-refractivity contribution in [3.63, 3.8) is 0 Å². The molecule has 4 nitrogen and oxygen atoms in total. The summed E-state index contributed by atoms with van der Waals surface area (Å²) in [6.45, 7) is 0. The first-order valence-corrected chi connectivity index (χ1v) is 9.22. The summed E-state index contributed by atoms with van der Waals surface area (Å²) in [6.07, 6.45) is 0.726. The molecule has 0 unspecified atom stereocenters. The zero-order valence-electron chi connectivity index (χ0n) is 12.8. The summed E-state index contributed by atoms with van der Waals surface area (Å²) in [6, 6.07) is 6.85. The quantitative estimate of drug-likeness (QED) is 0.668. The molecule has 2 aromatic heterocycles. The van der Waals surface area contributed by atoms with Gasteiger partial charge >= 0.3 is 0 Å². The Morgan fingerprint density at radius 2 is 1.88 bits per heavy atom. The van der Waals surface area contributed by atoms with E-state index >= 15 is 0 Å². The van der Waals surface area contributed by atoms with Gasteiger partial charge in [0.2, 0.25) is 0 Å². The summed E-state index contributed by atoms with van der Waals surface area (Å²) in [5, 5.41) is 0.558. The first-order valence-electron chi connectivity index (χ1n) is 7.96. The minimum atomic E-state index is -2.55. The van der Waals surface area contributed by atoms with Gasteiger partial charge in [0.25, 0.3) is 11.5 Å². The van der Waals surface area contributed by atoms with Crippen LogP contribution in [0.3, 0.4) is 0 Å². The fraction of sp³-hybridized carbons (Fsp3) is 0.353. The van der Waals surface area contributed by atoms with E-state index in [1.54, 1.807) is 29.8 Å². The smallest absolute Gasteiger partial charge is 0.266 e. The van der Waals surface area contributed by atoms with Gasteiger partial charge in [0.1, 0.15) is 5.82 Å². The molecule has 0 aliphatic heterocycles. The molecule has 1 aromatic carbocycles. The normalized spacial score (nSPS) is 26.8. The van der Waals surface area contributed by atoms with Crippen LogP contribution in [0.1, 0.15) is 24.6 Å². The SMILES string of the molecule is O=c1c2ncsc2nc([C@H]2C[C@@H]3[C@H](C2)C3(F)F)n1-c1ccc(Cl)cc1. The van der Waals surface area contributed by atoms with E-state index in [0.717, 1.165) is 0 Å². The first-order chi connectivity index (χ1) is 12.0. The van der Waals surface area contributed by atoms with E-state index in [1.807, 2.05) is 0 Å². The van der Waals surface area contributed by atoms with Crippen molar-refractivity contribution >= 4 is 33.3 Å². The summed E-state index contributed by atoms with van der Waals surface area (Å²) in [5.74, 6) is -3.30. The highest BCUT2D eigenvalue weighted by Crippen LogP contribution is 2.67. The molecule has 3 aromatic rings. The molecule has 2 fully saturated rings. The molecule has 2 aliphatic rings. The van der Waals surface area contributed by atoms with Crippen LogP contribution >= 0.6 is 22.9 Å². The van der Waals surface area contributed by atoms with Crippen LogP contribution in [0.15, 0.2) is 34.6 Å². The number of thiazole rings is 1. The molecule has 3 atom stereocenters. The maximum absolute atomic E-state index is 13.6. The van der Waals surface area contributed by atoms with Crippen LogP contribution in [0.25, 0.3) is 16.0 Å². The van der Waals surface area contributed by atoms with Gasteiger partial charge < -0.3 is 0 Å². The van der Waals surface area contributed by atoms with Crippen molar-refractivity contribution in [1.29, 1.82) is 0 Å². The zero-order valence-corrected chi connectivity index (χ0v) is 14.4. The number of alkyl halides is 2. The number of aromatic nitrogens is 3. The van der Waals surface area contributed by atoms with Crippen molar-refractivity contribution in [3.05, 3.63) is 51.0 Å². The van der Waals surface area contributed by atoms with Crippen molar-refractivity contribution < 1.29 is 8.78 Å². The molecule has 8 heteroatoms. The lowest BCUT2D eigenvalue weighted by molar-refractivity contribution is 0.0689. The molecule has 0 spiro atoms. The maximum atomic E-state index is 13.6. The number of hydrogen-bond donors (Lipinski definition) is 0. The molecule has 0 N–H and O–H groups in total. The highest BCUT2D eigenvalue weighted by atomic mass is 35.5. The van der Waals surface area contributed by atoms with Crippen LogP contribution in [0, 0.1) is 11.8 Å². The number of rotatable bonds is 2. The second kappa shape index (κ2) is 5.08. The van der Waals surface area contributed by atoms with Crippen LogP contribution < -0.4 is 5.56 Å². The van der Waals surface area contributed by atoms with E-state index in [4.69, 9.17) is 11.6 Å². The average Bonchev–Trinajstić information content (AvgIpc) is 3.04. The second-order valence-electron chi connectivity index (χ2n) is 6.65. The monoisotopic (exact) mass is 379 g/mol. The minimum absolute atomic E-state index is 0.149. The Morgan fingerprint density at radius 1 is 1.20 bits per heavy atom. The lowest BCUT2D eigenvalue weighted by Gasteiger charge is -2.19. The van der Waals surface area contributed by atoms with Gasteiger partial charge in [-0.1, -0.05) is 11.6 Å². The third-order valence-corrected chi connectivity index (χ3v) is 6.26. The largest absolute Gasteiger partial charge is 0.285 e. The topological polar surface area (TPSA) is 47.8 Å². The van der Waals surface area contributed by atoms with Crippen molar-refractivity contribution in [2.24, 2.45) is 11.8 Å². The minimum Gasteiger partial charge on any atom is -0.266 e. The lowest BCUT2D eigenvalue weighted by atomic mass is 10.0. The predicted molar refractivity (Wildman–Crippen MR) is 91.9 cm³/mol. The summed E-state index contributed by atoms with van der Waals surface area (Å²) in [7, 11) is 0. The van der Waals surface area contributed by atoms with Crippen molar-refractivity contribution in [1.82, 2.24) is 14.5 Å². The third-order valence-electron chi connectivity index (χ3n) is 5.29. The van der Waals surface area contributed by atoms with Crippen molar-refractivity contribution in [2.45, 2.75) is 24.7 Å². The van der Waals surface area contributed by atoms with Gasteiger partial charge in [-0.2, -0.15) is 0 Å². The van der Waals surface area contributed by atoms with Crippen LogP contribution in [0.2, 0.25) is 5.02 Å². The molecular weight excluding hydrogens is 368 g/mol. The van der Waals surface area contributed by atoms with Gasteiger partial charge in [-0.3, -0.25) is 9.36 Å². The summed E-state index contributed by atoms with van der Waals surface area (Å²) < 4.78 is 28.6. The number of halogens is 3. The Hall–Kier alpha value is -1.86. The summed E-state index contributed by atoms with van der Waals surface area (Å²) in [5.41, 5.74) is 2.24. The molecule has 0 radical (unpaired) electrons. The molecule has 25 heavy (non-hydrogen) atoms. The molecule has 0 bridgehead atoms. The standard InChI is InChI=1S/C17H12ClF2N3OS/c18-9-1-3-10(4-2-9)23-14(8-5-11-12(6-8)17(11,19)20)22-15-13(16(23)24)21-7-25-15/h1-4,7-8,11-12H,5-6H2/t8-,11+,12-. The van der Waals surface area contributed by atoms with Gasteiger partial charge in [-0.15, -0.1) is 11.3 Å². The van der Waals surface area contributed by atoms with E-state index in [2.05, 4.69) is 9.97 Å². The van der Waals surface area contributed by atoms with E-state index in [0.29, 0.717) is 39.7 Å². The Kier molecular flexibility index (Phi) is 3.13. The molecule has 128 valence electrons. The van der Waals surface area contributed by atoms with Crippen molar-refractivity contribution in [3.8, 4) is 5.69 Å². The zero-order chi connectivity index (χ0) is 17.3. The summed E-state index contributed by atoms with van der Waals surface area (Å²) >= 11 is 7.23. The van der Waals surface area contributed by atoms with Crippen LogP contribution in [-0.4, -0.2) is 20.5 Å². The van der Waals surface area contributed by atoms with Crippen LogP contribution in [0.5, 0.6) is 0 Å². The highest BCUT2D eigenvalue weighted by Gasteiger charge is 2.71. The Bertz CT molecular complexity index is 1030. The molecule has 0 amide bonds. The fourth-order valence-electron chi connectivity index (χ4n) is 3.97. The van der Waals surface area contributed by atoms with Crippen LogP contribution in [-0.2, 0) is 0 Å². The van der Waals surface area contributed by atoms with Gasteiger partial charge in [0.15, 0.2) is 10.3 Å². The predicted octanol–water partition coefficient (Wildman–Crippen LogP) is 4.25. The van der Waals surface area contributed by atoms with Gasteiger partial charge in [-0.05, 0) is 37.1 Å². The van der Waals surface area contributed by atoms with Crippen LogP contribution in [0.4, 0.5) is 8.78 Å². The molecule has 5 rings (SSSR count). The molecular formula is C17H12ClF2N3OS. The molecule has 0 saturated heterocycles.